The van der Waals surface area contributed by atoms with Crippen LogP contribution >= 0.6 is 0 Å². The van der Waals surface area contributed by atoms with E-state index in [-0.39, 0.29) is 12.4 Å². The second kappa shape index (κ2) is 12.7. The first-order valence-electron chi connectivity index (χ1n) is 7.00. The Bertz CT molecular complexity index is 201. The van der Waals surface area contributed by atoms with Crippen LogP contribution < -0.4 is 0 Å². The maximum Gasteiger partial charge on any atom is 0.140 e. The van der Waals surface area contributed by atoms with E-state index < -0.39 is 0 Å². The van der Waals surface area contributed by atoms with Gasteiger partial charge in [0.25, 0.3) is 0 Å². The van der Waals surface area contributed by atoms with Crippen molar-refractivity contribution in [1.82, 2.24) is 0 Å². The van der Waals surface area contributed by atoms with E-state index in [1.165, 1.54) is 25.7 Å². The molecule has 0 bridgehead atoms. The maximum absolute atomic E-state index is 11.2. The van der Waals surface area contributed by atoms with Gasteiger partial charge >= 0.3 is 0 Å². The zero-order valence-electron chi connectivity index (χ0n) is 11.7. The minimum absolute atomic E-state index is 0. The number of carbonyl (C=O) groups excluding carboxylic acids is 1. The van der Waals surface area contributed by atoms with Crippen molar-refractivity contribution in [2.75, 3.05) is 6.61 Å². The third kappa shape index (κ3) is 8.68. The summed E-state index contributed by atoms with van der Waals surface area (Å²) in [5, 5.41) is 8.46. The number of rotatable bonds is 4. The van der Waals surface area contributed by atoms with E-state index in [4.69, 9.17) is 5.11 Å². The molecule has 20 heavy (non-hydrogen) atoms. The van der Waals surface area contributed by atoms with Crippen molar-refractivity contribution in [3.8, 4) is 0 Å². The molecule has 117 valence electrons. The van der Waals surface area contributed by atoms with Crippen LogP contribution in [0.3, 0.4) is 0 Å². The van der Waals surface area contributed by atoms with Gasteiger partial charge in [-0.1, -0.05) is 0 Å². The molecule has 0 amide bonds. The number of ketones is 1. The first-order valence-corrected chi connectivity index (χ1v) is 7.00. The molecule has 1 N–H and O–H groups in total. The van der Waals surface area contributed by atoms with Gasteiger partial charge in [0.2, 0.25) is 0 Å². The number of aliphatic hydroxyl groups excluding tert-OH is 1. The Morgan fingerprint density at radius 3 is 1.80 bits per heavy atom. The van der Waals surface area contributed by atoms with Gasteiger partial charge in [0.05, 0.1) is 0 Å². The largest absolute Gasteiger partial charge is 0.396 e. The molecule has 0 aromatic heterocycles. The summed E-state index contributed by atoms with van der Waals surface area (Å²) in [6, 6.07) is 0. The van der Waals surface area contributed by atoms with Gasteiger partial charge in [-0.2, -0.15) is 0 Å². The first kappa shape index (κ1) is 18.6. The maximum atomic E-state index is 11.2. The average molecular weight is 518 g/mol. The van der Waals surface area contributed by atoms with Gasteiger partial charge in [0.1, 0.15) is 5.78 Å². The molecule has 0 heterocycles. The van der Waals surface area contributed by atoms with Crippen molar-refractivity contribution >= 4 is 5.78 Å². The van der Waals surface area contributed by atoms with Crippen molar-refractivity contribution in [1.29, 1.82) is 0 Å². The van der Waals surface area contributed by atoms with E-state index in [1.54, 1.807) is 12.8 Å². The van der Waals surface area contributed by atoms with Crippen LogP contribution in [0, 0.1) is 57.3 Å². The average Bonchev–Trinajstić information content (AvgIpc) is 2.89. The van der Waals surface area contributed by atoms with Crippen molar-refractivity contribution in [2.45, 2.75) is 38.5 Å². The minimum Gasteiger partial charge on any atom is -0.396 e. The zero-order valence-corrected chi connectivity index (χ0v) is 13.9. The Kier molecular flexibility index (Phi) is 11.8. The summed E-state index contributed by atoms with van der Waals surface area (Å²) in [7, 11) is 0. The van der Waals surface area contributed by atoms with Crippen LogP contribution in [0.15, 0.2) is 0 Å². The van der Waals surface area contributed by atoms with Gasteiger partial charge in [-0.05, 0) is 83.5 Å². The molecule has 0 spiro atoms. The topological polar surface area (TPSA) is 37.3 Å². The Morgan fingerprint density at radius 2 is 1.40 bits per heavy atom. The zero-order chi connectivity index (χ0) is 13.8. The monoisotopic (exact) mass is 518 g/mol. The quantitative estimate of drug-likeness (QED) is 0.622. The van der Waals surface area contributed by atoms with E-state index in [0.29, 0.717) is 12.8 Å². The van der Waals surface area contributed by atoms with Crippen molar-refractivity contribution in [3.05, 3.63) is 57.3 Å². The molecule has 2 saturated carbocycles. The van der Waals surface area contributed by atoms with E-state index in [2.05, 4.69) is 25.7 Å². The molecule has 2 rings (SSSR count). The Hall–Kier alpha value is -1.37. The van der Waals surface area contributed by atoms with Crippen LogP contribution in [0.5, 0.6) is 0 Å². The summed E-state index contributed by atoms with van der Waals surface area (Å²) in [6.07, 6.45) is 22.3. The van der Waals surface area contributed by atoms with Crippen LogP contribution in [-0.2, 0) is 4.79 Å². The molecule has 9 radical (unpaired) electrons. The van der Waals surface area contributed by atoms with Crippen LogP contribution in [0.4, 0.5) is 0 Å². The number of hydrogen-bond donors (Lipinski definition) is 1. The fourth-order valence-corrected chi connectivity index (χ4v) is 1.80. The molecule has 0 unspecified atom stereocenters. The second-order valence-corrected chi connectivity index (χ2v) is 4.52. The third-order valence-electron chi connectivity index (χ3n) is 2.88. The van der Waals surface area contributed by atoms with Crippen LogP contribution in [0.2, 0.25) is 0 Å². The second-order valence-electron chi connectivity index (χ2n) is 4.52. The molecule has 2 fully saturated rings. The van der Waals surface area contributed by atoms with Gasteiger partial charge in [-0.25, -0.2) is 0 Å². The van der Waals surface area contributed by atoms with Gasteiger partial charge < -0.3 is 5.11 Å². The Morgan fingerprint density at radius 1 is 0.950 bits per heavy atom. The van der Waals surface area contributed by atoms with Gasteiger partial charge in [-0.3, -0.25) is 4.79 Å². The smallest absolute Gasteiger partial charge is 0.140 e. The van der Waals surface area contributed by atoms with Crippen LogP contribution in [0.1, 0.15) is 38.5 Å². The normalized spacial score (nSPS) is 20.1. The molecule has 0 atom stereocenters. The van der Waals surface area contributed by atoms with E-state index in [1.807, 2.05) is 12.8 Å². The number of hydrogen-bond acceptors (Lipinski definition) is 2. The first-order chi connectivity index (χ1) is 9.34. The molecule has 3 heteroatoms. The summed E-state index contributed by atoms with van der Waals surface area (Å²) >= 11 is 0. The van der Waals surface area contributed by atoms with Crippen LogP contribution in [-0.4, -0.2) is 17.5 Å². The third-order valence-corrected chi connectivity index (χ3v) is 2.88. The van der Waals surface area contributed by atoms with Gasteiger partial charge in [0.15, 0.2) is 0 Å². The van der Waals surface area contributed by atoms with Crippen molar-refractivity contribution < 1.29 is 9.90 Å². The predicted octanol–water partition coefficient (Wildman–Crippen LogP) is 3.11. The molecular formula is C17H23NoO2. The summed E-state index contributed by atoms with van der Waals surface area (Å²) in [5.74, 6) is 0.863. The summed E-state index contributed by atoms with van der Waals surface area (Å²) in [5.41, 5.74) is 0. The molecule has 0 aliphatic heterocycles. The molecule has 0 saturated heterocycles. The SMILES string of the molecule is O=C(CCCO)[C]1[CH][CH][CH][CH]1.[CH]1[CH]CC[CH][CH]CC1.[No]. The van der Waals surface area contributed by atoms with Crippen LogP contribution in [0.25, 0.3) is 0 Å². The summed E-state index contributed by atoms with van der Waals surface area (Å²) < 4.78 is 0. The molecule has 2 nitrogen and oxygen atoms in total. The molecule has 2 aliphatic rings. The number of Topliss-reactive ketones (excluding diaryl/α,β-unsaturated/α-hetero) is 1. The minimum atomic E-state index is 0. The number of carbonyl (C=O) groups is 1. The van der Waals surface area contributed by atoms with Gasteiger partial charge in [0, 0.05) is 18.9 Å². The molecule has 2 aliphatic carbocycles. The standard InChI is InChI=1S/C9H11O2.C8H12.No/c10-7-3-6-9(11)8-4-1-2-5-8;1-2-4-6-8-7-5-3-1;/h1-2,4-5,10H,3,6-7H2;1-2,7-8H,3-6H2;. The molecule has 0 aromatic rings. The Balaban J connectivity index is 0.000000359. The fourth-order valence-electron chi connectivity index (χ4n) is 1.80. The Labute approximate surface area is 119 Å². The molecular weight excluding hydrogens is 495 g/mol. The van der Waals surface area contributed by atoms with Gasteiger partial charge in [-0.15, -0.1) is 0 Å². The van der Waals surface area contributed by atoms with Crippen molar-refractivity contribution in [2.24, 2.45) is 0 Å². The fraction of sp³-hybridized carbons (Fsp3) is 0.412. The van der Waals surface area contributed by atoms with E-state index in [0.717, 1.165) is 5.92 Å². The summed E-state index contributed by atoms with van der Waals surface area (Å²) in [4.78, 5) is 11.2. The predicted molar refractivity (Wildman–Crippen MR) is 77.4 cm³/mol. The van der Waals surface area contributed by atoms with E-state index in [9.17, 15) is 4.79 Å². The van der Waals surface area contributed by atoms with Crippen molar-refractivity contribution in [3.63, 3.8) is 0 Å². The molecule has 0 aromatic carbocycles. The number of aliphatic hydroxyl groups is 1. The summed E-state index contributed by atoms with van der Waals surface area (Å²) in [6.45, 7) is 0.0897. The van der Waals surface area contributed by atoms with E-state index >= 15 is 0 Å².